The first-order valence-electron chi connectivity index (χ1n) is 10.5. The molecule has 0 unspecified atom stereocenters. The van der Waals surface area contributed by atoms with E-state index in [1.807, 2.05) is 18.2 Å². The number of aryl methyl sites for hydroxylation is 1. The van der Waals surface area contributed by atoms with Crippen LogP contribution in [-0.4, -0.2) is 36.4 Å². The number of hydrogen-bond donors (Lipinski definition) is 1. The Bertz CT molecular complexity index is 1560. The van der Waals surface area contributed by atoms with E-state index in [0.717, 1.165) is 29.6 Å². The van der Waals surface area contributed by atoms with Crippen LogP contribution in [0.3, 0.4) is 0 Å². The number of aromatic amines is 1. The first kappa shape index (κ1) is 19.6. The lowest BCUT2D eigenvalue weighted by molar-refractivity contribution is -0.0498. The Morgan fingerprint density at radius 1 is 1.09 bits per heavy atom. The molecule has 0 amide bonds. The quantitative estimate of drug-likeness (QED) is 0.436. The number of hydrogen-bond acceptors (Lipinski definition) is 5. The highest BCUT2D eigenvalue weighted by molar-refractivity contribution is 5.87. The van der Waals surface area contributed by atoms with Crippen molar-refractivity contribution in [3.05, 3.63) is 64.6 Å². The Hall–Kier alpha value is -4.08. The number of H-pyrrole nitrogens is 1. The highest BCUT2D eigenvalue weighted by atomic mass is 19.3. The van der Waals surface area contributed by atoms with E-state index < -0.39 is 6.61 Å². The van der Waals surface area contributed by atoms with Crippen LogP contribution in [0.2, 0.25) is 0 Å². The van der Waals surface area contributed by atoms with Crippen molar-refractivity contribution in [2.75, 3.05) is 0 Å². The fourth-order valence-corrected chi connectivity index (χ4v) is 4.21. The number of ether oxygens (including phenoxy) is 1. The van der Waals surface area contributed by atoms with E-state index in [-0.39, 0.29) is 11.3 Å². The zero-order valence-electron chi connectivity index (χ0n) is 17.5. The molecular formula is C23H18F2N6O2. The molecule has 6 rings (SSSR count). The summed E-state index contributed by atoms with van der Waals surface area (Å²) in [7, 11) is 1.79. The summed E-state index contributed by atoms with van der Waals surface area (Å²) >= 11 is 0. The van der Waals surface area contributed by atoms with Gasteiger partial charge in [-0.15, -0.1) is 5.10 Å². The number of pyridine rings is 1. The highest BCUT2D eigenvalue weighted by Gasteiger charge is 2.30. The Labute approximate surface area is 185 Å². The molecule has 5 aromatic rings. The number of alkyl halides is 2. The van der Waals surface area contributed by atoms with E-state index in [9.17, 15) is 13.6 Å². The number of fused-ring (bicyclic) bond motifs is 2. The van der Waals surface area contributed by atoms with Crippen molar-refractivity contribution < 1.29 is 13.5 Å². The van der Waals surface area contributed by atoms with Crippen molar-refractivity contribution in [1.82, 2.24) is 29.8 Å². The van der Waals surface area contributed by atoms with Gasteiger partial charge in [0.15, 0.2) is 0 Å². The van der Waals surface area contributed by atoms with Crippen LogP contribution in [-0.2, 0) is 7.05 Å². The van der Waals surface area contributed by atoms with Gasteiger partial charge in [0.1, 0.15) is 16.8 Å². The molecule has 0 atom stereocenters. The molecule has 3 aromatic heterocycles. The molecule has 0 aliphatic heterocycles. The topological polar surface area (TPSA) is 90.6 Å². The molecule has 1 fully saturated rings. The minimum absolute atomic E-state index is 0.0259. The fourth-order valence-electron chi connectivity index (χ4n) is 4.21. The summed E-state index contributed by atoms with van der Waals surface area (Å²) in [6, 6.07) is 13.4. The number of rotatable bonds is 5. The van der Waals surface area contributed by atoms with Crippen molar-refractivity contribution in [2.45, 2.75) is 25.4 Å². The molecule has 33 heavy (non-hydrogen) atoms. The Balaban J connectivity index is 1.59. The van der Waals surface area contributed by atoms with Crippen molar-refractivity contribution >= 4 is 22.1 Å². The monoisotopic (exact) mass is 448 g/mol. The van der Waals surface area contributed by atoms with E-state index in [1.165, 1.54) is 12.1 Å². The van der Waals surface area contributed by atoms with Gasteiger partial charge in [-0.05, 0) is 60.9 Å². The summed E-state index contributed by atoms with van der Waals surface area (Å²) in [5, 5.41) is 15.7. The van der Waals surface area contributed by atoms with Gasteiger partial charge in [0.05, 0.1) is 16.7 Å². The van der Waals surface area contributed by atoms with E-state index in [0.29, 0.717) is 33.8 Å². The summed E-state index contributed by atoms with van der Waals surface area (Å²) in [5.41, 5.74) is 5.28. The average molecular weight is 448 g/mol. The van der Waals surface area contributed by atoms with E-state index in [1.54, 1.807) is 34.5 Å². The number of nitrogens with zero attached hydrogens (tertiary/aromatic N) is 5. The van der Waals surface area contributed by atoms with Gasteiger partial charge in [0, 0.05) is 24.2 Å². The summed E-state index contributed by atoms with van der Waals surface area (Å²) in [6.07, 6.45) is 2.05. The maximum absolute atomic E-state index is 13.8. The number of nitrogens with one attached hydrogen (secondary N) is 1. The fraction of sp³-hybridized carbons (Fsp3) is 0.217. The third-order valence-electron chi connectivity index (χ3n) is 5.96. The van der Waals surface area contributed by atoms with Crippen LogP contribution >= 0.6 is 0 Å². The third-order valence-corrected chi connectivity index (χ3v) is 5.96. The van der Waals surface area contributed by atoms with Crippen molar-refractivity contribution in [3.8, 4) is 22.6 Å². The van der Waals surface area contributed by atoms with Gasteiger partial charge < -0.3 is 4.74 Å². The molecule has 1 saturated carbocycles. The lowest BCUT2D eigenvalue weighted by atomic mass is 10.0. The van der Waals surface area contributed by atoms with Crippen molar-refractivity contribution in [3.63, 3.8) is 0 Å². The molecule has 1 aliphatic carbocycles. The minimum atomic E-state index is -2.92. The Morgan fingerprint density at radius 2 is 1.88 bits per heavy atom. The van der Waals surface area contributed by atoms with Crippen LogP contribution in [0.1, 0.15) is 24.5 Å². The lowest BCUT2D eigenvalue weighted by Crippen LogP contribution is -2.21. The predicted octanol–water partition coefficient (Wildman–Crippen LogP) is 4.14. The summed E-state index contributed by atoms with van der Waals surface area (Å²) in [5.74, 6) is 0.350. The summed E-state index contributed by atoms with van der Waals surface area (Å²) in [6.45, 7) is -2.92. The number of halogens is 2. The first-order chi connectivity index (χ1) is 16.0. The van der Waals surface area contributed by atoms with Crippen LogP contribution in [0.15, 0.2) is 53.3 Å². The zero-order chi connectivity index (χ0) is 22.7. The smallest absolute Gasteiger partial charge is 0.387 e. The lowest BCUT2D eigenvalue weighted by Gasteiger charge is -2.13. The van der Waals surface area contributed by atoms with Crippen LogP contribution in [0, 0.1) is 0 Å². The van der Waals surface area contributed by atoms with E-state index in [4.69, 9.17) is 0 Å². The second-order valence-corrected chi connectivity index (χ2v) is 8.13. The van der Waals surface area contributed by atoms with Gasteiger partial charge in [0.25, 0.3) is 5.56 Å². The van der Waals surface area contributed by atoms with Crippen LogP contribution in [0.25, 0.3) is 38.9 Å². The largest absolute Gasteiger partial charge is 0.435 e. The molecule has 1 N–H and O–H groups in total. The molecule has 8 nitrogen and oxygen atoms in total. The molecule has 0 bridgehead atoms. The van der Waals surface area contributed by atoms with Crippen LogP contribution in [0.5, 0.6) is 5.75 Å². The number of benzene rings is 2. The van der Waals surface area contributed by atoms with Gasteiger partial charge in [0.2, 0.25) is 0 Å². The summed E-state index contributed by atoms with van der Waals surface area (Å²) < 4.78 is 32.9. The number of aromatic nitrogens is 6. The van der Waals surface area contributed by atoms with Crippen LogP contribution in [0.4, 0.5) is 8.78 Å². The zero-order valence-corrected chi connectivity index (χ0v) is 17.5. The Morgan fingerprint density at radius 3 is 2.61 bits per heavy atom. The molecule has 2 aromatic carbocycles. The van der Waals surface area contributed by atoms with Crippen molar-refractivity contribution in [1.29, 1.82) is 0 Å². The highest BCUT2D eigenvalue weighted by Crippen LogP contribution is 2.42. The van der Waals surface area contributed by atoms with E-state index in [2.05, 4.69) is 25.2 Å². The van der Waals surface area contributed by atoms with Gasteiger partial charge in [-0.2, -0.15) is 13.9 Å². The molecule has 0 radical (unpaired) electrons. The standard InChI is InChI=1S/C23H18F2N6O2/c1-30-19-10-13(4-9-17(19)27-29-30)16-11-18-21(20(28-26-18)12-2-3-12)31(22(16)32)14-5-7-15(8-6-14)33-23(24)25/h4-12,23H,2-3H2,1H3,(H,26,28). The Kier molecular flexibility index (Phi) is 4.29. The second-order valence-electron chi connectivity index (χ2n) is 8.13. The molecule has 10 heteroatoms. The van der Waals surface area contributed by atoms with Crippen LogP contribution < -0.4 is 10.3 Å². The second kappa shape index (κ2) is 7.22. The average Bonchev–Trinajstić information content (AvgIpc) is 3.46. The third kappa shape index (κ3) is 3.25. The molecule has 1 aliphatic rings. The van der Waals surface area contributed by atoms with Gasteiger partial charge in [-0.1, -0.05) is 11.3 Å². The minimum Gasteiger partial charge on any atom is -0.435 e. The molecule has 166 valence electrons. The first-order valence-corrected chi connectivity index (χ1v) is 10.5. The molecular weight excluding hydrogens is 430 g/mol. The molecule has 3 heterocycles. The SMILES string of the molecule is Cn1nnc2ccc(-c3cc4n[nH]c(C5CC5)c4n(-c4ccc(OC(F)F)cc4)c3=O)cc21. The molecule has 0 spiro atoms. The maximum atomic E-state index is 13.8. The van der Waals surface area contributed by atoms with Gasteiger partial charge >= 0.3 is 6.61 Å². The van der Waals surface area contributed by atoms with Gasteiger partial charge in [-0.25, -0.2) is 4.68 Å². The normalized spacial score (nSPS) is 13.9. The predicted molar refractivity (Wildman–Crippen MR) is 118 cm³/mol. The van der Waals surface area contributed by atoms with Crippen molar-refractivity contribution in [2.24, 2.45) is 7.05 Å². The van der Waals surface area contributed by atoms with Gasteiger partial charge in [-0.3, -0.25) is 14.5 Å². The summed E-state index contributed by atoms with van der Waals surface area (Å²) in [4.78, 5) is 13.8. The molecule has 0 saturated heterocycles. The maximum Gasteiger partial charge on any atom is 0.387 e. The van der Waals surface area contributed by atoms with E-state index >= 15 is 0 Å².